The van der Waals surface area contributed by atoms with E-state index < -0.39 is 0 Å². The third kappa shape index (κ3) is 5.68. The van der Waals surface area contributed by atoms with E-state index in [4.69, 9.17) is 5.73 Å². The van der Waals surface area contributed by atoms with E-state index in [1.54, 1.807) is 0 Å². The third-order valence-corrected chi connectivity index (χ3v) is 3.04. The van der Waals surface area contributed by atoms with Gasteiger partial charge in [0.25, 0.3) is 0 Å². The first-order valence-electron chi connectivity index (χ1n) is 6.91. The Hall–Kier alpha value is -2.17. The Morgan fingerprint density at radius 3 is 2.18 bits per heavy atom. The van der Waals surface area contributed by atoms with Crippen LogP contribution < -0.4 is 28.0 Å². The van der Waals surface area contributed by atoms with Crippen LogP contribution in [0.25, 0.3) is 12.2 Å². The second kappa shape index (κ2) is 8.97. The molecule has 0 aliphatic carbocycles. The van der Waals surface area contributed by atoms with Gasteiger partial charge in [0, 0.05) is 30.8 Å². The van der Waals surface area contributed by atoms with Crippen molar-refractivity contribution in [3.05, 3.63) is 59.9 Å². The van der Waals surface area contributed by atoms with E-state index in [9.17, 15) is 4.79 Å². The summed E-state index contributed by atoms with van der Waals surface area (Å²) in [4.78, 5) is 11.4. The number of halogens is 1. The van der Waals surface area contributed by atoms with Crippen LogP contribution in [0.1, 0.15) is 17.5 Å². The number of nitrogens with one attached hydrogen (secondary N) is 1. The fraction of sp³-hybridized carbons (Fsp3) is 0.176. The van der Waals surface area contributed by atoms with Gasteiger partial charge >= 0.3 is 0 Å². The standard InChI is InChI=1S/C17H19N3O.ClH/c1-20-12-9-15(10-13-20)3-2-14-4-6-16(7-5-14)19-17(21)8-11-18;/h2-7,9-10,12-13H,8,11,18H2,1H3;1H. The number of benzene rings is 1. The molecule has 5 heteroatoms. The summed E-state index contributed by atoms with van der Waals surface area (Å²) in [6.45, 7) is 0.363. The van der Waals surface area contributed by atoms with Gasteiger partial charge in [-0.1, -0.05) is 24.3 Å². The summed E-state index contributed by atoms with van der Waals surface area (Å²) >= 11 is 0. The van der Waals surface area contributed by atoms with E-state index in [-0.39, 0.29) is 18.3 Å². The highest BCUT2D eigenvalue weighted by Gasteiger charge is 2.00. The van der Waals surface area contributed by atoms with Gasteiger partial charge in [-0.15, -0.1) is 0 Å². The smallest absolute Gasteiger partial charge is 0.225 e. The molecule has 1 aromatic heterocycles. The van der Waals surface area contributed by atoms with Gasteiger partial charge in [0.2, 0.25) is 5.91 Å². The molecule has 4 nitrogen and oxygen atoms in total. The van der Waals surface area contributed by atoms with Crippen LogP contribution in [-0.4, -0.2) is 12.5 Å². The van der Waals surface area contributed by atoms with Gasteiger partial charge in [-0.3, -0.25) is 4.79 Å². The number of anilines is 1. The molecule has 116 valence electrons. The molecule has 0 spiro atoms. The van der Waals surface area contributed by atoms with Crippen molar-refractivity contribution in [1.29, 1.82) is 0 Å². The van der Waals surface area contributed by atoms with Gasteiger partial charge in [0.15, 0.2) is 12.4 Å². The molecule has 0 radical (unpaired) electrons. The monoisotopic (exact) mass is 317 g/mol. The van der Waals surface area contributed by atoms with Crippen molar-refractivity contribution in [2.45, 2.75) is 6.42 Å². The molecule has 3 N–H and O–H groups in total. The molecule has 0 aliphatic rings. The lowest BCUT2D eigenvalue weighted by Crippen LogP contribution is -3.00. The van der Waals surface area contributed by atoms with Gasteiger partial charge in [-0.25, -0.2) is 4.57 Å². The van der Waals surface area contributed by atoms with Crippen LogP contribution in [0.15, 0.2) is 48.8 Å². The normalized spacial score (nSPS) is 10.3. The lowest BCUT2D eigenvalue weighted by molar-refractivity contribution is -0.671. The number of rotatable bonds is 5. The maximum absolute atomic E-state index is 11.4. The van der Waals surface area contributed by atoms with Gasteiger partial charge < -0.3 is 23.5 Å². The molecule has 0 aliphatic heterocycles. The summed E-state index contributed by atoms with van der Waals surface area (Å²) in [5.74, 6) is -0.0575. The fourth-order valence-corrected chi connectivity index (χ4v) is 1.85. The van der Waals surface area contributed by atoms with Crippen LogP contribution in [0.5, 0.6) is 0 Å². The van der Waals surface area contributed by atoms with Crippen LogP contribution >= 0.6 is 0 Å². The first-order chi connectivity index (χ1) is 10.2. The molecule has 0 atom stereocenters. The van der Waals surface area contributed by atoms with Crippen molar-refractivity contribution in [2.75, 3.05) is 11.9 Å². The largest absolute Gasteiger partial charge is 1.00 e. The maximum atomic E-state index is 11.4. The first-order valence-corrected chi connectivity index (χ1v) is 6.91. The number of hydrogen-bond acceptors (Lipinski definition) is 2. The Bertz CT molecular complexity index is 621. The average molecular weight is 318 g/mol. The zero-order chi connectivity index (χ0) is 15.1. The minimum atomic E-state index is -0.0575. The summed E-state index contributed by atoms with van der Waals surface area (Å²) in [6.07, 6.45) is 8.46. The van der Waals surface area contributed by atoms with Crippen molar-refractivity contribution in [3.63, 3.8) is 0 Å². The predicted octanol–water partition coefficient (Wildman–Crippen LogP) is -1.03. The number of carbonyl (C=O) groups excluding carboxylic acids is 1. The van der Waals surface area contributed by atoms with Crippen LogP contribution in [0.2, 0.25) is 0 Å². The number of hydrogen-bond donors (Lipinski definition) is 2. The fourth-order valence-electron chi connectivity index (χ4n) is 1.85. The van der Waals surface area contributed by atoms with E-state index in [0.717, 1.165) is 16.8 Å². The Labute approximate surface area is 137 Å². The van der Waals surface area contributed by atoms with Crippen LogP contribution in [0.3, 0.4) is 0 Å². The molecule has 2 rings (SSSR count). The number of aryl methyl sites for hydroxylation is 1. The molecule has 1 amide bonds. The first kappa shape index (κ1) is 17.9. The summed E-state index contributed by atoms with van der Waals surface area (Å²) in [7, 11) is 1.99. The quantitative estimate of drug-likeness (QED) is 0.693. The summed E-state index contributed by atoms with van der Waals surface area (Å²) in [5.41, 5.74) is 8.36. The zero-order valence-corrected chi connectivity index (χ0v) is 13.3. The molecule has 0 bridgehead atoms. The van der Waals surface area contributed by atoms with Crippen molar-refractivity contribution >= 4 is 23.7 Å². The molecular formula is C17H20ClN3O. The molecule has 0 unspecified atom stereocenters. The van der Waals surface area contributed by atoms with Crippen molar-refractivity contribution in [3.8, 4) is 0 Å². The topological polar surface area (TPSA) is 59.0 Å². The second-order valence-corrected chi connectivity index (χ2v) is 4.84. The maximum Gasteiger partial charge on any atom is 0.225 e. The van der Waals surface area contributed by atoms with Crippen molar-refractivity contribution < 1.29 is 21.8 Å². The van der Waals surface area contributed by atoms with Crippen molar-refractivity contribution in [2.24, 2.45) is 12.8 Å². The molecule has 1 aromatic carbocycles. The SMILES string of the molecule is C[n+]1ccc(C=Cc2ccc(NC(=O)CCN)cc2)cc1.[Cl-]. The molecule has 2 aromatic rings. The van der Waals surface area contributed by atoms with Gasteiger partial charge in [-0.2, -0.15) is 0 Å². The average Bonchev–Trinajstić information content (AvgIpc) is 2.48. The zero-order valence-electron chi connectivity index (χ0n) is 12.5. The van der Waals surface area contributed by atoms with Gasteiger partial charge in [-0.05, 0) is 23.3 Å². The van der Waals surface area contributed by atoms with E-state index >= 15 is 0 Å². The highest BCUT2D eigenvalue weighted by Crippen LogP contribution is 2.12. The lowest BCUT2D eigenvalue weighted by atomic mass is 10.1. The Morgan fingerprint density at radius 2 is 1.64 bits per heavy atom. The second-order valence-electron chi connectivity index (χ2n) is 4.84. The summed E-state index contributed by atoms with van der Waals surface area (Å²) in [5, 5.41) is 2.80. The number of amides is 1. The molecule has 0 saturated carbocycles. The Balaban J connectivity index is 0.00000242. The van der Waals surface area contributed by atoms with E-state index in [1.165, 1.54) is 0 Å². The molecule has 0 saturated heterocycles. The van der Waals surface area contributed by atoms with Crippen LogP contribution in [0.4, 0.5) is 5.69 Å². The Morgan fingerprint density at radius 1 is 1.09 bits per heavy atom. The minimum absolute atomic E-state index is 0. The number of pyridine rings is 1. The van der Waals surface area contributed by atoms with Crippen LogP contribution in [0, 0.1) is 0 Å². The number of aromatic nitrogens is 1. The predicted molar refractivity (Wildman–Crippen MR) is 85.3 cm³/mol. The molecule has 1 heterocycles. The summed E-state index contributed by atoms with van der Waals surface area (Å²) < 4.78 is 2.00. The molecule has 22 heavy (non-hydrogen) atoms. The lowest BCUT2D eigenvalue weighted by Gasteiger charge is -2.04. The minimum Gasteiger partial charge on any atom is -1.00 e. The van der Waals surface area contributed by atoms with E-state index in [0.29, 0.717) is 13.0 Å². The number of carbonyl (C=O) groups is 1. The molecular weight excluding hydrogens is 298 g/mol. The van der Waals surface area contributed by atoms with Gasteiger partial charge in [0.05, 0.1) is 0 Å². The van der Waals surface area contributed by atoms with Crippen molar-refractivity contribution in [1.82, 2.24) is 0 Å². The number of nitrogens with zero attached hydrogens (tertiary/aromatic N) is 1. The number of nitrogens with two attached hydrogens (primary N) is 1. The van der Waals surface area contributed by atoms with Gasteiger partial charge in [0.1, 0.15) is 7.05 Å². The van der Waals surface area contributed by atoms with E-state index in [2.05, 4.69) is 23.5 Å². The highest BCUT2D eigenvalue weighted by molar-refractivity contribution is 5.90. The highest BCUT2D eigenvalue weighted by atomic mass is 35.5. The summed E-state index contributed by atoms with van der Waals surface area (Å²) in [6, 6.07) is 11.8. The van der Waals surface area contributed by atoms with E-state index in [1.807, 2.05) is 54.3 Å². The Kier molecular flexibility index (Phi) is 7.29. The molecule has 0 fully saturated rings. The van der Waals surface area contributed by atoms with Crippen LogP contribution in [-0.2, 0) is 11.8 Å². The third-order valence-electron chi connectivity index (χ3n) is 3.04.